The quantitative estimate of drug-likeness (QED) is 0.854. The Morgan fingerprint density at radius 2 is 1.91 bits per heavy atom. The molecule has 0 aliphatic rings. The van der Waals surface area contributed by atoms with Crippen LogP contribution in [-0.2, 0) is 16.1 Å². The van der Waals surface area contributed by atoms with Gasteiger partial charge < -0.3 is 10.6 Å². The van der Waals surface area contributed by atoms with Gasteiger partial charge in [0.15, 0.2) is 0 Å². The Labute approximate surface area is 132 Å². The van der Waals surface area contributed by atoms with Crippen LogP contribution in [0.4, 0.5) is 10.1 Å². The highest BCUT2D eigenvalue weighted by molar-refractivity contribution is 6.39. The number of halogens is 2. The summed E-state index contributed by atoms with van der Waals surface area (Å²) in [6.07, 6.45) is 0. The first-order valence-corrected chi connectivity index (χ1v) is 6.93. The van der Waals surface area contributed by atoms with Crippen LogP contribution in [0.15, 0.2) is 42.5 Å². The van der Waals surface area contributed by atoms with Gasteiger partial charge in [-0.2, -0.15) is 0 Å². The molecular weight excluding hydrogens is 307 g/mol. The second-order valence-corrected chi connectivity index (χ2v) is 5.16. The zero-order valence-electron chi connectivity index (χ0n) is 11.8. The third kappa shape index (κ3) is 4.30. The van der Waals surface area contributed by atoms with Crippen LogP contribution in [0, 0.1) is 12.7 Å². The largest absolute Gasteiger partial charge is 0.344 e. The number of carbonyl (C=O) groups excluding carboxylic acids is 2. The molecule has 0 aromatic heterocycles. The maximum atomic E-state index is 13.0. The highest BCUT2D eigenvalue weighted by Crippen LogP contribution is 2.15. The average molecular weight is 321 g/mol. The smallest absolute Gasteiger partial charge is 0.313 e. The molecule has 2 amide bonds. The first-order chi connectivity index (χ1) is 10.5. The maximum Gasteiger partial charge on any atom is 0.313 e. The molecule has 0 spiro atoms. The molecule has 0 radical (unpaired) electrons. The van der Waals surface area contributed by atoms with Gasteiger partial charge in [-0.3, -0.25) is 9.59 Å². The predicted molar refractivity (Wildman–Crippen MR) is 83.1 cm³/mol. The number of rotatable bonds is 3. The minimum Gasteiger partial charge on any atom is -0.344 e. The molecule has 2 aromatic rings. The summed E-state index contributed by atoms with van der Waals surface area (Å²) in [6.45, 7) is 1.83. The fourth-order valence-electron chi connectivity index (χ4n) is 1.86. The molecule has 0 heterocycles. The van der Waals surface area contributed by atoms with Gasteiger partial charge in [0.05, 0.1) is 0 Å². The number of hydrogen-bond donors (Lipinski definition) is 2. The number of anilines is 1. The van der Waals surface area contributed by atoms with Crippen LogP contribution in [0.25, 0.3) is 0 Å². The fourth-order valence-corrected chi connectivity index (χ4v) is 2.07. The lowest BCUT2D eigenvalue weighted by Crippen LogP contribution is -2.35. The van der Waals surface area contributed by atoms with Crippen molar-refractivity contribution in [2.45, 2.75) is 13.5 Å². The second kappa shape index (κ2) is 7.04. The van der Waals surface area contributed by atoms with Gasteiger partial charge in [-0.25, -0.2) is 4.39 Å². The average Bonchev–Trinajstić information content (AvgIpc) is 2.47. The standard InChI is InChI=1S/C16H14ClFN2O2/c1-10-7-13(18)5-6-14(10)20-16(22)15(21)19-9-11-3-2-4-12(17)8-11/h2-8H,9H2,1H3,(H,19,21)(H,20,22). The Balaban J connectivity index is 1.93. The Kier molecular flexibility index (Phi) is 5.12. The first-order valence-electron chi connectivity index (χ1n) is 6.55. The summed E-state index contributed by atoms with van der Waals surface area (Å²) in [5, 5.41) is 5.49. The van der Waals surface area contributed by atoms with Crippen molar-refractivity contribution in [2.24, 2.45) is 0 Å². The third-order valence-electron chi connectivity index (χ3n) is 2.98. The van der Waals surface area contributed by atoms with Gasteiger partial charge in [0.25, 0.3) is 0 Å². The van der Waals surface area contributed by atoms with E-state index in [4.69, 9.17) is 11.6 Å². The van der Waals surface area contributed by atoms with E-state index in [0.29, 0.717) is 16.3 Å². The monoisotopic (exact) mass is 320 g/mol. The second-order valence-electron chi connectivity index (χ2n) is 4.73. The number of carbonyl (C=O) groups is 2. The fraction of sp³-hybridized carbons (Fsp3) is 0.125. The molecule has 2 aromatic carbocycles. The molecule has 22 heavy (non-hydrogen) atoms. The van der Waals surface area contributed by atoms with Crippen molar-refractivity contribution in [1.82, 2.24) is 5.32 Å². The Morgan fingerprint density at radius 1 is 1.14 bits per heavy atom. The highest BCUT2D eigenvalue weighted by atomic mass is 35.5. The predicted octanol–water partition coefficient (Wildman–Crippen LogP) is 3.04. The normalized spacial score (nSPS) is 10.1. The van der Waals surface area contributed by atoms with Crippen LogP contribution in [0.1, 0.15) is 11.1 Å². The molecule has 114 valence electrons. The number of hydrogen-bond acceptors (Lipinski definition) is 2. The molecule has 0 atom stereocenters. The van der Waals surface area contributed by atoms with Gasteiger partial charge >= 0.3 is 11.8 Å². The van der Waals surface area contributed by atoms with Crippen molar-refractivity contribution in [3.05, 3.63) is 64.4 Å². The minimum atomic E-state index is -0.809. The molecule has 0 aliphatic carbocycles. The summed E-state index contributed by atoms with van der Waals surface area (Å²) in [5.41, 5.74) is 1.71. The lowest BCUT2D eigenvalue weighted by Gasteiger charge is -2.09. The number of benzene rings is 2. The number of nitrogens with one attached hydrogen (secondary N) is 2. The maximum absolute atomic E-state index is 13.0. The molecule has 6 heteroatoms. The molecule has 2 N–H and O–H groups in total. The van der Waals surface area contributed by atoms with E-state index in [-0.39, 0.29) is 6.54 Å². The van der Waals surface area contributed by atoms with Crippen LogP contribution < -0.4 is 10.6 Å². The van der Waals surface area contributed by atoms with Crippen LogP contribution in [-0.4, -0.2) is 11.8 Å². The Hall–Kier alpha value is -2.40. The van der Waals surface area contributed by atoms with E-state index in [2.05, 4.69) is 10.6 Å². The summed E-state index contributed by atoms with van der Waals surface area (Å²) >= 11 is 5.84. The van der Waals surface area contributed by atoms with E-state index in [0.717, 1.165) is 5.56 Å². The molecule has 0 saturated heterocycles. The van der Waals surface area contributed by atoms with E-state index in [1.54, 1.807) is 31.2 Å². The number of amides is 2. The number of aryl methyl sites for hydroxylation is 1. The SMILES string of the molecule is Cc1cc(F)ccc1NC(=O)C(=O)NCc1cccc(Cl)c1. The van der Waals surface area contributed by atoms with Gasteiger partial charge in [0.1, 0.15) is 5.82 Å². The van der Waals surface area contributed by atoms with E-state index in [1.165, 1.54) is 18.2 Å². The molecule has 0 aliphatic heterocycles. The van der Waals surface area contributed by atoms with Crippen molar-refractivity contribution < 1.29 is 14.0 Å². The minimum absolute atomic E-state index is 0.190. The van der Waals surface area contributed by atoms with Gasteiger partial charge in [-0.15, -0.1) is 0 Å². The zero-order valence-corrected chi connectivity index (χ0v) is 12.6. The summed E-state index contributed by atoms with van der Waals surface area (Å²) < 4.78 is 13.0. The lowest BCUT2D eigenvalue weighted by atomic mass is 10.2. The molecular formula is C16H14ClFN2O2. The van der Waals surface area contributed by atoms with Crippen molar-refractivity contribution >= 4 is 29.1 Å². The van der Waals surface area contributed by atoms with Crippen molar-refractivity contribution in [3.63, 3.8) is 0 Å². The van der Waals surface area contributed by atoms with Crippen LogP contribution in [0.5, 0.6) is 0 Å². The van der Waals surface area contributed by atoms with Crippen LogP contribution in [0.3, 0.4) is 0 Å². The van der Waals surface area contributed by atoms with E-state index < -0.39 is 17.6 Å². The molecule has 0 unspecified atom stereocenters. The molecule has 0 fully saturated rings. The molecule has 0 bridgehead atoms. The molecule has 0 saturated carbocycles. The first kappa shape index (κ1) is 16.0. The van der Waals surface area contributed by atoms with Gasteiger partial charge in [-0.05, 0) is 48.4 Å². The van der Waals surface area contributed by atoms with Crippen LogP contribution in [0.2, 0.25) is 5.02 Å². The Morgan fingerprint density at radius 3 is 2.59 bits per heavy atom. The van der Waals surface area contributed by atoms with Gasteiger partial charge in [-0.1, -0.05) is 23.7 Å². The van der Waals surface area contributed by atoms with Crippen LogP contribution >= 0.6 is 11.6 Å². The summed E-state index contributed by atoms with van der Waals surface area (Å²) in [5.74, 6) is -1.98. The molecule has 2 rings (SSSR count). The van der Waals surface area contributed by atoms with E-state index in [9.17, 15) is 14.0 Å². The van der Waals surface area contributed by atoms with Crippen molar-refractivity contribution in [2.75, 3.05) is 5.32 Å². The molecule has 4 nitrogen and oxygen atoms in total. The summed E-state index contributed by atoms with van der Waals surface area (Å²) in [4.78, 5) is 23.5. The topological polar surface area (TPSA) is 58.2 Å². The van der Waals surface area contributed by atoms with Crippen molar-refractivity contribution in [1.29, 1.82) is 0 Å². The lowest BCUT2D eigenvalue weighted by molar-refractivity contribution is -0.136. The van der Waals surface area contributed by atoms with Gasteiger partial charge in [0.2, 0.25) is 0 Å². The third-order valence-corrected chi connectivity index (χ3v) is 3.22. The summed E-state index contributed by atoms with van der Waals surface area (Å²) in [7, 11) is 0. The summed E-state index contributed by atoms with van der Waals surface area (Å²) in [6, 6.07) is 10.9. The van der Waals surface area contributed by atoms with Gasteiger partial charge in [0, 0.05) is 17.3 Å². The van der Waals surface area contributed by atoms with E-state index in [1.807, 2.05) is 0 Å². The highest BCUT2D eigenvalue weighted by Gasteiger charge is 2.14. The van der Waals surface area contributed by atoms with Crippen molar-refractivity contribution in [3.8, 4) is 0 Å². The van der Waals surface area contributed by atoms with E-state index >= 15 is 0 Å². The Bertz CT molecular complexity index is 719. The zero-order chi connectivity index (χ0) is 16.1.